The van der Waals surface area contributed by atoms with Crippen LogP contribution in [0.25, 0.3) is 16.7 Å². The van der Waals surface area contributed by atoms with Crippen LogP contribution >= 0.6 is 0 Å². The van der Waals surface area contributed by atoms with Crippen LogP contribution in [0.15, 0.2) is 60.7 Å². The van der Waals surface area contributed by atoms with Gasteiger partial charge >= 0.3 is 0 Å². The molecule has 3 aromatic carbocycles. The second-order valence-electron chi connectivity index (χ2n) is 7.64. The van der Waals surface area contributed by atoms with Crippen molar-refractivity contribution in [3.8, 4) is 5.69 Å². The van der Waals surface area contributed by atoms with Crippen LogP contribution in [-0.2, 0) is 6.42 Å². The van der Waals surface area contributed by atoms with E-state index in [9.17, 15) is 14.9 Å². The Bertz CT molecular complexity index is 1290. The van der Waals surface area contributed by atoms with E-state index in [0.29, 0.717) is 16.7 Å². The molecule has 4 rings (SSSR count). The monoisotopic (exact) mass is 429 g/mol. The molecule has 32 heavy (non-hydrogen) atoms. The van der Waals surface area contributed by atoms with Crippen molar-refractivity contribution in [2.24, 2.45) is 0 Å². The van der Waals surface area contributed by atoms with Crippen LogP contribution < -0.4 is 5.32 Å². The minimum Gasteiger partial charge on any atom is -0.321 e. The third kappa shape index (κ3) is 4.34. The molecule has 0 bridgehead atoms. The van der Waals surface area contributed by atoms with Crippen molar-refractivity contribution >= 4 is 28.3 Å². The predicted octanol–water partition coefficient (Wildman–Crippen LogP) is 5.23. The number of fused-ring (bicyclic) bond motifs is 1. The zero-order valence-electron chi connectivity index (χ0n) is 17.9. The highest BCUT2D eigenvalue weighted by Crippen LogP contribution is 2.25. The number of hydrogen-bond donors (Lipinski definition) is 1. The van der Waals surface area contributed by atoms with Gasteiger partial charge in [0.05, 0.1) is 10.6 Å². The molecule has 1 amide bonds. The fourth-order valence-corrected chi connectivity index (χ4v) is 3.51. The lowest BCUT2D eigenvalue weighted by Crippen LogP contribution is -2.14. The molecule has 0 aliphatic carbocycles. The van der Waals surface area contributed by atoms with E-state index in [4.69, 9.17) is 0 Å². The number of aromatic nitrogens is 3. The number of aryl methyl sites for hydroxylation is 2. The van der Waals surface area contributed by atoms with Gasteiger partial charge in [0.15, 0.2) is 0 Å². The Kier molecular flexibility index (Phi) is 5.93. The topological polar surface area (TPSA) is 103 Å². The molecule has 4 aromatic rings. The molecule has 0 aliphatic heterocycles. The van der Waals surface area contributed by atoms with Crippen molar-refractivity contribution in [2.75, 3.05) is 5.32 Å². The molecule has 1 aromatic heterocycles. The number of amides is 1. The van der Waals surface area contributed by atoms with Crippen molar-refractivity contribution in [1.82, 2.24) is 15.0 Å². The van der Waals surface area contributed by atoms with Crippen LogP contribution in [0, 0.1) is 17.0 Å². The van der Waals surface area contributed by atoms with E-state index in [0.717, 1.165) is 30.5 Å². The normalized spacial score (nSPS) is 10.9. The first-order valence-corrected chi connectivity index (χ1v) is 10.5. The summed E-state index contributed by atoms with van der Waals surface area (Å²) in [6.45, 7) is 4.02. The third-order valence-corrected chi connectivity index (χ3v) is 5.31. The maximum Gasteiger partial charge on any atom is 0.282 e. The number of benzene rings is 3. The number of carbonyl (C=O) groups is 1. The fourth-order valence-electron chi connectivity index (χ4n) is 3.51. The first-order chi connectivity index (χ1) is 15.5. The number of para-hydroxylation sites is 1. The van der Waals surface area contributed by atoms with Gasteiger partial charge in [-0.15, -0.1) is 10.2 Å². The highest BCUT2D eigenvalue weighted by atomic mass is 16.6. The molecule has 0 radical (unpaired) electrons. The minimum atomic E-state index is -0.565. The summed E-state index contributed by atoms with van der Waals surface area (Å²) in [6, 6.07) is 17.6. The first kappa shape index (κ1) is 21.2. The molecule has 0 saturated carbocycles. The lowest BCUT2D eigenvalue weighted by atomic mass is 10.1. The SMILES string of the molecule is CCCCc1ccc(-n2nc3cc(C)c(NC(=O)c4ccccc4[N+](=O)[O-])cc3n2)cc1. The zero-order chi connectivity index (χ0) is 22.7. The fraction of sp³-hybridized carbons (Fsp3) is 0.208. The molecular weight excluding hydrogens is 406 g/mol. The smallest absolute Gasteiger partial charge is 0.282 e. The molecule has 0 saturated heterocycles. The summed E-state index contributed by atoms with van der Waals surface area (Å²) in [5.41, 5.74) is 4.52. The van der Waals surface area contributed by atoms with E-state index in [2.05, 4.69) is 34.6 Å². The van der Waals surface area contributed by atoms with E-state index in [1.165, 1.54) is 23.8 Å². The van der Waals surface area contributed by atoms with E-state index in [-0.39, 0.29) is 11.3 Å². The molecular formula is C24H23N5O3. The summed E-state index contributed by atoms with van der Waals surface area (Å²) in [5.74, 6) is -0.546. The van der Waals surface area contributed by atoms with Gasteiger partial charge in [-0.05, 0) is 61.2 Å². The summed E-state index contributed by atoms with van der Waals surface area (Å²) in [7, 11) is 0. The van der Waals surface area contributed by atoms with Gasteiger partial charge in [0.25, 0.3) is 11.6 Å². The average molecular weight is 429 g/mol. The molecule has 0 unspecified atom stereocenters. The number of anilines is 1. The van der Waals surface area contributed by atoms with Gasteiger partial charge in [-0.1, -0.05) is 37.6 Å². The van der Waals surface area contributed by atoms with Crippen LogP contribution in [0.4, 0.5) is 11.4 Å². The van der Waals surface area contributed by atoms with Crippen molar-refractivity contribution < 1.29 is 9.72 Å². The maximum atomic E-state index is 12.7. The van der Waals surface area contributed by atoms with Crippen LogP contribution in [0.1, 0.15) is 41.3 Å². The molecule has 8 heteroatoms. The van der Waals surface area contributed by atoms with Gasteiger partial charge < -0.3 is 5.32 Å². The maximum absolute atomic E-state index is 12.7. The Hall–Kier alpha value is -4.07. The molecule has 1 N–H and O–H groups in total. The average Bonchev–Trinajstić information content (AvgIpc) is 3.20. The Morgan fingerprint density at radius 3 is 2.44 bits per heavy atom. The number of nitro groups is 1. The summed E-state index contributed by atoms with van der Waals surface area (Å²) in [6.07, 6.45) is 3.36. The van der Waals surface area contributed by atoms with Crippen molar-refractivity contribution in [2.45, 2.75) is 33.1 Å². The number of hydrogen-bond acceptors (Lipinski definition) is 5. The summed E-state index contributed by atoms with van der Waals surface area (Å²) < 4.78 is 0. The van der Waals surface area contributed by atoms with Crippen LogP contribution in [0.5, 0.6) is 0 Å². The predicted molar refractivity (Wildman–Crippen MR) is 123 cm³/mol. The van der Waals surface area contributed by atoms with Gasteiger partial charge in [-0.25, -0.2) is 0 Å². The molecule has 0 spiro atoms. The molecule has 8 nitrogen and oxygen atoms in total. The lowest BCUT2D eigenvalue weighted by Gasteiger charge is -2.08. The van der Waals surface area contributed by atoms with Crippen molar-refractivity contribution in [1.29, 1.82) is 0 Å². The molecule has 0 fully saturated rings. The molecule has 0 aliphatic rings. The largest absolute Gasteiger partial charge is 0.321 e. The number of unbranched alkanes of at least 4 members (excludes halogenated alkanes) is 1. The first-order valence-electron chi connectivity index (χ1n) is 10.5. The zero-order valence-corrected chi connectivity index (χ0v) is 17.9. The highest BCUT2D eigenvalue weighted by Gasteiger charge is 2.20. The van der Waals surface area contributed by atoms with E-state index in [1.54, 1.807) is 16.9 Å². The molecule has 0 atom stereocenters. The van der Waals surface area contributed by atoms with E-state index in [1.807, 2.05) is 25.1 Å². The Morgan fingerprint density at radius 2 is 1.75 bits per heavy atom. The van der Waals surface area contributed by atoms with Crippen LogP contribution in [0.2, 0.25) is 0 Å². The second kappa shape index (κ2) is 8.97. The Balaban J connectivity index is 1.60. The van der Waals surface area contributed by atoms with Crippen LogP contribution in [0.3, 0.4) is 0 Å². The van der Waals surface area contributed by atoms with Crippen LogP contribution in [-0.4, -0.2) is 25.8 Å². The standard InChI is InChI=1S/C24H23N5O3/c1-3-4-7-17-10-12-18(13-11-17)28-26-21-14-16(2)20(15-22(21)27-28)25-24(30)19-8-5-6-9-23(19)29(31)32/h5-6,8-15H,3-4,7H2,1-2H3,(H,25,30). The third-order valence-electron chi connectivity index (χ3n) is 5.31. The van der Waals surface area contributed by atoms with Gasteiger partial charge in [0.1, 0.15) is 16.6 Å². The Morgan fingerprint density at radius 1 is 1.06 bits per heavy atom. The lowest BCUT2D eigenvalue weighted by molar-refractivity contribution is -0.385. The van der Waals surface area contributed by atoms with Gasteiger partial charge in [-0.3, -0.25) is 14.9 Å². The number of nitrogens with zero attached hydrogens (tertiary/aromatic N) is 4. The second-order valence-corrected chi connectivity index (χ2v) is 7.64. The highest BCUT2D eigenvalue weighted by molar-refractivity contribution is 6.08. The summed E-state index contributed by atoms with van der Waals surface area (Å²) in [5, 5.41) is 23.1. The van der Waals surface area contributed by atoms with Gasteiger partial charge in [0, 0.05) is 11.8 Å². The van der Waals surface area contributed by atoms with Crippen molar-refractivity contribution in [3.63, 3.8) is 0 Å². The number of nitro benzene ring substituents is 1. The minimum absolute atomic E-state index is 0.00353. The van der Waals surface area contributed by atoms with Crippen molar-refractivity contribution in [3.05, 3.63) is 87.5 Å². The number of rotatable bonds is 7. The number of nitrogens with one attached hydrogen (secondary N) is 1. The van der Waals surface area contributed by atoms with Gasteiger partial charge in [0.2, 0.25) is 0 Å². The quantitative estimate of drug-likeness (QED) is 0.320. The summed E-state index contributed by atoms with van der Waals surface area (Å²) in [4.78, 5) is 24.9. The van der Waals surface area contributed by atoms with Gasteiger partial charge in [-0.2, -0.15) is 4.80 Å². The molecule has 1 heterocycles. The van der Waals surface area contributed by atoms with E-state index < -0.39 is 10.8 Å². The Labute approximate surface area is 185 Å². The van der Waals surface area contributed by atoms with E-state index >= 15 is 0 Å². The molecule has 162 valence electrons. The summed E-state index contributed by atoms with van der Waals surface area (Å²) >= 11 is 0. The number of carbonyl (C=O) groups excluding carboxylic acids is 1.